The van der Waals surface area contributed by atoms with Crippen molar-refractivity contribution in [1.82, 2.24) is 20.4 Å². The summed E-state index contributed by atoms with van der Waals surface area (Å²) in [7, 11) is 0. The Bertz CT molecular complexity index is 380. The lowest BCUT2D eigenvalue weighted by Gasteiger charge is -2.24. The van der Waals surface area contributed by atoms with Crippen molar-refractivity contribution in [2.24, 2.45) is 0 Å². The number of nitrogens with zero attached hydrogens (tertiary/aromatic N) is 2. The molecule has 0 aliphatic heterocycles. The van der Waals surface area contributed by atoms with Crippen molar-refractivity contribution in [2.45, 2.75) is 105 Å². The van der Waals surface area contributed by atoms with Crippen LogP contribution in [0.4, 0.5) is 9.59 Å². The Morgan fingerprint density at radius 2 is 0.833 bits per heavy atom. The van der Waals surface area contributed by atoms with Gasteiger partial charge in [-0.15, -0.1) is 0 Å². The summed E-state index contributed by atoms with van der Waals surface area (Å²) in [6, 6.07) is 0.179. The van der Waals surface area contributed by atoms with Gasteiger partial charge in [-0.05, 0) is 38.5 Å². The molecule has 0 spiro atoms. The molecule has 178 valence electrons. The van der Waals surface area contributed by atoms with Crippen molar-refractivity contribution in [2.75, 3.05) is 39.3 Å². The fourth-order valence-electron chi connectivity index (χ4n) is 3.25. The van der Waals surface area contributed by atoms with Crippen molar-refractivity contribution < 1.29 is 9.59 Å². The molecule has 0 saturated carbocycles. The minimum absolute atomic E-state index is 0.0893. The molecule has 6 heteroatoms. The van der Waals surface area contributed by atoms with E-state index in [1.165, 1.54) is 0 Å². The Balaban J connectivity index is 4.19. The Morgan fingerprint density at radius 3 is 1.17 bits per heavy atom. The maximum Gasteiger partial charge on any atom is 0.317 e. The van der Waals surface area contributed by atoms with Gasteiger partial charge >= 0.3 is 12.1 Å². The van der Waals surface area contributed by atoms with E-state index < -0.39 is 0 Å². The number of rotatable bonds is 19. The number of hydrogen-bond donors (Lipinski definition) is 2. The predicted molar refractivity (Wildman–Crippen MR) is 128 cm³/mol. The van der Waals surface area contributed by atoms with Gasteiger partial charge in [0.15, 0.2) is 0 Å². The lowest BCUT2D eigenvalue weighted by Crippen LogP contribution is -2.41. The molecule has 0 radical (unpaired) electrons. The first-order chi connectivity index (χ1) is 14.6. The molecule has 0 aromatic carbocycles. The van der Waals surface area contributed by atoms with E-state index in [2.05, 4.69) is 38.3 Å². The topological polar surface area (TPSA) is 64.7 Å². The van der Waals surface area contributed by atoms with Crippen LogP contribution in [0.15, 0.2) is 0 Å². The van der Waals surface area contributed by atoms with Crippen molar-refractivity contribution >= 4 is 12.1 Å². The summed E-state index contributed by atoms with van der Waals surface area (Å²) < 4.78 is 0. The van der Waals surface area contributed by atoms with Crippen LogP contribution >= 0.6 is 0 Å². The second-order valence-corrected chi connectivity index (χ2v) is 8.27. The Kier molecular flexibility index (Phi) is 19.8. The molecule has 0 bridgehead atoms. The molecular formula is C24H50N4O2. The highest BCUT2D eigenvalue weighted by atomic mass is 16.2. The lowest BCUT2D eigenvalue weighted by atomic mass is 10.1. The fourth-order valence-corrected chi connectivity index (χ4v) is 3.25. The second kappa shape index (κ2) is 20.8. The predicted octanol–water partition coefficient (Wildman–Crippen LogP) is 5.77. The molecule has 4 amide bonds. The normalized spacial score (nSPS) is 10.7. The Hall–Kier alpha value is -1.46. The largest absolute Gasteiger partial charge is 0.338 e. The first-order valence-electron chi connectivity index (χ1n) is 12.7. The highest BCUT2D eigenvalue weighted by Crippen LogP contribution is 2.07. The summed E-state index contributed by atoms with van der Waals surface area (Å²) in [6.45, 7) is 13.5. The Morgan fingerprint density at radius 1 is 0.500 bits per heavy atom. The van der Waals surface area contributed by atoms with Crippen LogP contribution < -0.4 is 10.6 Å². The van der Waals surface area contributed by atoms with E-state index in [9.17, 15) is 9.59 Å². The molecule has 0 atom stereocenters. The molecule has 30 heavy (non-hydrogen) atoms. The minimum Gasteiger partial charge on any atom is -0.338 e. The first kappa shape index (κ1) is 28.5. The van der Waals surface area contributed by atoms with Gasteiger partial charge in [0, 0.05) is 39.3 Å². The van der Waals surface area contributed by atoms with Crippen LogP contribution in [0.3, 0.4) is 0 Å². The molecule has 0 aliphatic carbocycles. The van der Waals surface area contributed by atoms with Crippen LogP contribution in [-0.2, 0) is 0 Å². The maximum absolute atomic E-state index is 12.4. The van der Waals surface area contributed by atoms with Gasteiger partial charge in [-0.3, -0.25) is 0 Å². The average Bonchev–Trinajstić information content (AvgIpc) is 2.74. The zero-order chi connectivity index (χ0) is 22.5. The van der Waals surface area contributed by atoms with Gasteiger partial charge in [-0.1, -0.05) is 66.2 Å². The Labute approximate surface area is 186 Å². The average molecular weight is 427 g/mol. The number of nitrogens with one attached hydrogen (secondary N) is 2. The van der Waals surface area contributed by atoms with Crippen molar-refractivity contribution in [1.29, 1.82) is 0 Å². The van der Waals surface area contributed by atoms with Crippen LogP contribution in [0, 0.1) is 0 Å². The molecule has 0 aromatic rings. The van der Waals surface area contributed by atoms with Crippen LogP contribution in [0.25, 0.3) is 0 Å². The highest BCUT2D eigenvalue weighted by Gasteiger charge is 2.13. The van der Waals surface area contributed by atoms with E-state index in [-0.39, 0.29) is 12.1 Å². The SMILES string of the molecule is CCCCNC(=O)N(CCCC)CCCCCCN(CCCC)C(=O)NCCCC. The molecule has 0 fully saturated rings. The van der Waals surface area contributed by atoms with Gasteiger partial charge in [-0.2, -0.15) is 0 Å². The number of carbonyl (C=O) groups excluding carboxylic acids is 2. The standard InChI is InChI=1S/C24H50N4O2/c1-5-9-17-25-23(29)27(19-11-7-3)21-15-13-14-16-22-28(20-12-8-4)24(30)26-18-10-6-2/h5-22H2,1-4H3,(H,25,29)(H,26,30). The minimum atomic E-state index is 0.0893. The summed E-state index contributed by atoms with van der Waals surface area (Å²) >= 11 is 0. The molecule has 0 heterocycles. The van der Waals surface area contributed by atoms with Gasteiger partial charge in [0.05, 0.1) is 0 Å². The summed E-state index contributed by atoms with van der Waals surface area (Å²) in [6.07, 6.45) is 12.9. The van der Waals surface area contributed by atoms with Crippen LogP contribution in [0.5, 0.6) is 0 Å². The fraction of sp³-hybridized carbons (Fsp3) is 0.917. The van der Waals surface area contributed by atoms with Crippen molar-refractivity contribution in [3.8, 4) is 0 Å². The first-order valence-corrected chi connectivity index (χ1v) is 12.7. The van der Waals surface area contributed by atoms with Crippen LogP contribution in [0.1, 0.15) is 105 Å². The molecule has 0 aliphatic rings. The van der Waals surface area contributed by atoms with Crippen molar-refractivity contribution in [3.63, 3.8) is 0 Å². The van der Waals surface area contributed by atoms with E-state index in [1.54, 1.807) is 0 Å². The summed E-state index contributed by atoms with van der Waals surface area (Å²) in [5.74, 6) is 0. The van der Waals surface area contributed by atoms with E-state index in [1.807, 2.05) is 9.80 Å². The zero-order valence-corrected chi connectivity index (χ0v) is 20.4. The third kappa shape index (κ3) is 15.4. The molecule has 6 nitrogen and oxygen atoms in total. The monoisotopic (exact) mass is 426 g/mol. The van der Waals surface area contributed by atoms with Gasteiger partial charge in [0.2, 0.25) is 0 Å². The number of carbonyl (C=O) groups is 2. The highest BCUT2D eigenvalue weighted by molar-refractivity contribution is 5.74. The number of amides is 4. The maximum atomic E-state index is 12.4. The summed E-state index contributed by atoms with van der Waals surface area (Å²) in [4.78, 5) is 28.7. The summed E-state index contributed by atoms with van der Waals surface area (Å²) in [5.41, 5.74) is 0. The quantitative estimate of drug-likeness (QED) is 0.257. The van der Waals surface area contributed by atoms with E-state index in [4.69, 9.17) is 0 Å². The van der Waals surface area contributed by atoms with Gasteiger partial charge in [0.25, 0.3) is 0 Å². The van der Waals surface area contributed by atoms with Gasteiger partial charge in [0.1, 0.15) is 0 Å². The number of unbranched alkanes of at least 4 members (excludes halogenated alkanes) is 7. The third-order valence-corrected chi connectivity index (χ3v) is 5.36. The third-order valence-electron chi connectivity index (χ3n) is 5.36. The molecular weight excluding hydrogens is 376 g/mol. The molecule has 0 saturated heterocycles. The number of hydrogen-bond acceptors (Lipinski definition) is 2. The number of urea groups is 2. The zero-order valence-electron chi connectivity index (χ0n) is 20.4. The smallest absolute Gasteiger partial charge is 0.317 e. The van der Waals surface area contributed by atoms with E-state index in [0.717, 1.165) is 116 Å². The van der Waals surface area contributed by atoms with Crippen LogP contribution in [-0.4, -0.2) is 61.1 Å². The molecule has 2 N–H and O–H groups in total. The lowest BCUT2D eigenvalue weighted by molar-refractivity contribution is 0.192. The van der Waals surface area contributed by atoms with Crippen molar-refractivity contribution in [3.05, 3.63) is 0 Å². The molecule has 0 aromatic heterocycles. The molecule has 0 rings (SSSR count). The van der Waals surface area contributed by atoms with Gasteiger partial charge in [-0.25, -0.2) is 9.59 Å². The van der Waals surface area contributed by atoms with E-state index in [0.29, 0.717) is 0 Å². The van der Waals surface area contributed by atoms with Crippen LogP contribution in [0.2, 0.25) is 0 Å². The summed E-state index contributed by atoms with van der Waals surface area (Å²) in [5, 5.41) is 6.10. The van der Waals surface area contributed by atoms with E-state index >= 15 is 0 Å². The second-order valence-electron chi connectivity index (χ2n) is 8.27. The van der Waals surface area contributed by atoms with Gasteiger partial charge < -0.3 is 20.4 Å². The molecule has 0 unspecified atom stereocenters.